The maximum absolute atomic E-state index is 5.55. The van der Waals surface area contributed by atoms with Gasteiger partial charge in [0.25, 0.3) is 0 Å². The zero-order valence-electron chi connectivity index (χ0n) is 16.7. The van der Waals surface area contributed by atoms with Crippen LogP contribution in [0.4, 0.5) is 0 Å². The van der Waals surface area contributed by atoms with Crippen molar-refractivity contribution >= 4 is 32.9 Å². The largest absolute Gasteiger partial charge is 0.387 e. The van der Waals surface area contributed by atoms with Crippen LogP contribution in [0, 0.1) is 6.92 Å². The van der Waals surface area contributed by atoms with E-state index in [4.69, 9.17) is 9.82 Å². The minimum Gasteiger partial charge on any atom is -0.387 e. The third-order valence-electron chi connectivity index (χ3n) is 5.45. The minimum absolute atomic E-state index is 0.235. The summed E-state index contributed by atoms with van der Waals surface area (Å²) in [5.74, 6) is 0.619. The van der Waals surface area contributed by atoms with E-state index in [0.717, 1.165) is 34.6 Å². The van der Waals surface area contributed by atoms with Crippen LogP contribution >= 0.6 is 11.3 Å². The van der Waals surface area contributed by atoms with Crippen molar-refractivity contribution in [3.8, 4) is 0 Å². The number of hydrogen-bond acceptors (Lipinski definition) is 6. The van der Waals surface area contributed by atoms with Crippen molar-refractivity contribution in [1.29, 1.82) is 0 Å². The molecule has 0 spiro atoms. The fourth-order valence-electron chi connectivity index (χ4n) is 3.87. The summed E-state index contributed by atoms with van der Waals surface area (Å²) in [6.45, 7) is 4.24. The molecule has 0 atom stereocenters. The Morgan fingerprint density at radius 2 is 2.00 bits per heavy atom. The standard InChI is InChI=1S/C22H23N5OS/c1-14-8-10-16(11-9-14)15(2)26-28-12-19-24-21-20-17-6-4-3-5-7-18(17)29-22(20)23-13-27(21)25-19/h8-11,13H,3-7,12H2,1-2H3/b26-15+. The van der Waals surface area contributed by atoms with Crippen LogP contribution in [0.5, 0.6) is 0 Å². The van der Waals surface area contributed by atoms with Gasteiger partial charge in [0.1, 0.15) is 11.2 Å². The van der Waals surface area contributed by atoms with E-state index in [2.05, 4.69) is 34.3 Å². The molecule has 0 unspecified atom stereocenters. The molecule has 4 aromatic rings. The predicted octanol–water partition coefficient (Wildman–Crippen LogP) is 4.86. The monoisotopic (exact) mass is 405 g/mol. The summed E-state index contributed by atoms with van der Waals surface area (Å²) in [6, 6.07) is 8.23. The summed E-state index contributed by atoms with van der Waals surface area (Å²) in [5, 5.41) is 9.96. The van der Waals surface area contributed by atoms with Gasteiger partial charge in [0.15, 0.2) is 18.1 Å². The molecule has 148 valence electrons. The second-order valence-electron chi connectivity index (χ2n) is 7.60. The molecule has 29 heavy (non-hydrogen) atoms. The number of fused-ring (bicyclic) bond motifs is 5. The number of oxime groups is 1. The van der Waals surface area contributed by atoms with Crippen molar-refractivity contribution < 1.29 is 4.84 Å². The Morgan fingerprint density at radius 3 is 2.86 bits per heavy atom. The normalized spacial score (nSPS) is 14.9. The van der Waals surface area contributed by atoms with E-state index in [1.165, 1.54) is 40.7 Å². The van der Waals surface area contributed by atoms with Gasteiger partial charge in [-0.3, -0.25) is 0 Å². The van der Waals surface area contributed by atoms with Crippen molar-refractivity contribution in [3.05, 3.63) is 58.0 Å². The average Bonchev–Trinajstić information content (AvgIpc) is 3.21. The molecule has 0 saturated carbocycles. The van der Waals surface area contributed by atoms with Gasteiger partial charge in [-0.25, -0.2) is 14.5 Å². The van der Waals surface area contributed by atoms with Gasteiger partial charge in [-0.1, -0.05) is 41.4 Å². The molecule has 6 nitrogen and oxygen atoms in total. The molecule has 0 aliphatic heterocycles. The van der Waals surface area contributed by atoms with Gasteiger partial charge in [0.2, 0.25) is 0 Å². The fourth-order valence-corrected chi connectivity index (χ4v) is 5.09. The maximum atomic E-state index is 5.55. The summed E-state index contributed by atoms with van der Waals surface area (Å²) >= 11 is 1.81. The van der Waals surface area contributed by atoms with E-state index in [0.29, 0.717) is 5.82 Å². The number of benzene rings is 1. The molecule has 5 rings (SSSR count). The van der Waals surface area contributed by atoms with E-state index >= 15 is 0 Å². The highest BCUT2D eigenvalue weighted by atomic mass is 32.1. The number of nitrogens with zero attached hydrogens (tertiary/aromatic N) is 5. The van der Waals surface area contributed by atoms with E-state index in [1.54, 1.807) is 10.8 Å². The van der Waals surface area contributed by atoms with E-state index in [9.17, 15) is 0 Å². The van der Waals surface area contributed by atoms with Crippen molar-refractivity contribution in [3.63, 3.8) is 0 Å². The van der Waals surface area contributed by atoms with Gasteiger partial charge in [-0.2, -0.15) is 0 Å². The Balaban J connectivity index is 1.41. The van der Waals surface area contributed by atoms with E-state index in [-0.39, 0.29) is 6.61 Å². The Labute approximate surface area is 173 Å². The van der Waals surface area contributed by atoms with Crippen LogP contribution in [0.25, 0.3) is 15.9 Å². The zero-order chi connectivity index (χ0) is 19.8. The molecule has 1 aromatic carbocycles. The Hall–Kier alpha value is -2.80. The maximum Gasteiger partial charge on any atom is 0.192 e. The second kappa shape index (κ2) is 7.55. The SMILES string of the molecule is C/C(=N\OCc1nc2c3c4c(sc3ncn2n1)CCCCC4)c1ccc(C)cc1. The van der Waals surface area contributed by atoms with E-state index < -0.39 is 0 Å². The summed E-state index contributed by atoms with van der Waals surface area (Å²) in [6.07, 6.45) is 7.81. The predicted molar refractivity (Wildman–Crippen MR) is 116 cm³/mol. The highest BCUT2D eigenvalue weighted by Gasteiger charge is 2.20. The highest BCUT2D eigenvalue weighted by Crippen LogP contribution is 2.36. The van der Waals surface area contributed by atoms with Gasteiger partial charge >= 0.3 is 0 Å². The number of thiophene rings is 1. The molecule has 7 heteroatoms. The topological polar surface area (TPSA) is 64.7 Å². The van der Waals surface area contributed by atoms with Crippen molar-refractivity contribution in [2.75, 3.05) is 0 Å². The highest BCUT2D eigenvalue weighted by molar-refractivity contribution is 7.19. The van der Waals surface area contributed by atoms with Gasteiger partial charge in [-0.05, 0) is 50.7 Å². The zero-order valence-corrected chi connectivity index (χ0v) is 17.5. The van der Waals surface area contributed by atoms with Gasteiger partial charge < -0.3 is 4.84 Å². The molecule has 0 radical (unpaired) electrons. The van der Waals surface area contributed by atoms with Crippen LogP contribution in [0.15, 0.2) is 35.7 Å². The lowest BCUT2D eigenvalue weighted by Gasteiger charge is -2.01. The number of hydrogen-bond donors (Lipinski definition) is 0. The molecule has 0 amide bonds. The van der Waals surface area contributed by atoms with Crippen LogP contribution < -0.4 is 0 Å². The molecule has 3 heterocycles. The first-order chi connectivity index (χ1) is 14.2. The third-order valence-corrected chi connectivity index (χ3v) is 6.65. The van der Waals surface area contributed by atoms with Crippen molar-refractivity contribution in [2.45, 2.75) is 52.6 Å². The molecular weight excluding hydrogens is 382 g/mol. The quantitative estimate of drug-likeness (QED) is 0.276. The van der Waals surface area contributed by atoms with Gasteiger partial charge in [0, 0.05) is 4.88 Å². The van der Waals surface area contributed by atoms with Crippen molar-refractivity contribution in [2.24, 2.45) is 5.16 Å². The first-order valence-electron chi connectivity index (χ1n) is 10.1. The molecule has 1 aliphatic rings. The summed E-state index contributed by atoms with van der Waals surface area (Å²) < 4.78 is 1.77. The van der Waals surface area contributed by atoms with Crippen LogP contribution in [-0.4, -0.2) is 25.3 Å². The van der Waals surface area contributed by atoms with Gasteiger partial charge in [-0.15, -0.1) is 16.4 Å². The van der Waals surface area contributed by atoms with Gasteiger partial charge in [0.05, 0.1) is 11.1 Å². The minimum atomic E-state index is 0.235. The fraction of sp³-hybridized carbons (Fsp3) is 0.364. The summed E-state index contributed by atoms with van der Waals surface area (Å²) in [4.78, 5) is 17.5. The second-order valence-corrected chi connectivity index (χ2v) is 8.69. The molecule has 3 aromatic heterocycles. The first-order valence-corrected chi connectivity index (χ1v) is 10.9. The molecule has 0 fully saturated rings. The molecule has 0 saturated heterocycles. The molecular formula is C22H23N5OS. The van der Waals surface area contributed by atoms with E-state index in [1.807, 2.05) is 30.4 Å². The van der Waals surface area contributed by atoms with Crippen LogP contribution in [-0.2, 0) is 24.3 Å². The number of aryl methyl sites for hydroxylation is 3. The Bertz CT molecular complexity index is 1210. The summed E-state index contributed by atoms with van der Waals surface area (Å²) in [7, 11) is 0. The Kier molecular flexibility index (Phi) is 4.75. The lowest BCUT2D eigenvalue weighted by atomic mass is 10.1. The number of rotatable bonds is 4. The van der Waals surface area contributed by atoms with Crippen LogP contribution in [0.1, 0.15) is 53.6 Å². The molecule has 0 N–H and O–H groups in total. The lowest BCUT2D eigenvalue weighted by Crippen LogP contribution is -1.98. The van der Waals surface area contributed by atoms with Crippen LogP contribution in [0.3, 0.4) is 0 Å². The molecule has 1 aliphatic carbocycles. The van der Waals surface area contributed by atoms with Crippen LogP contribution in [0.2, 0.25) is 0 Å². The third kappa shape index (κ3) is 3.51. The lowest BCUT2D eigenvalue weighted by molar-refractivity contribution is 0.125. The smallest absolute Gasteiger partial charge is 0.192 e. The molecule has 0 bridgehead atoms. The number of aromatic nitrogens is 4. The van der Waals surface area contributed by atoms with Crippen molar-refractivity contribution in [1.82, 2.24) is 19.6 Å². The average molecular weight is 406 g/mol. The summed E-state index contributed by atoms with van der Waals surface area (Å²) in [5.41, 5.74) is 5.41. The Morgan fingerprint density at radius 1 is 1.17 bits per heavy atom. The first kappa shape index (κ1) is 18.2.